The highest BCUT2D eigenvalue weighted by atomic mass is 16.6. The number of methoxy groups -OCH3 is 2. The molecule has 0 aliphatic rings. The van der Waals surface area contributed by atoms with E-state index in [-0.39, 0.29) is 0 Å². The van der Waals surface area contributed by atoms with Crippen LogP contribution in [0.25, 0.3) is 0 Å². The van der Waals surface area contributed by atoms with Gasteiger partial charge in [-0.25, -0.2) is 4.79 Å². The Balaban J connectivity index is 2.18. The lowest BCUT2D eigenvalue weighted by Crippen LogP contribution is -2.45. The Morgan fingerprint density at radius 3 is 1.74 bits per heavy atom. The van der Waals surface area contributed by atoms with Gasteiger partial charge in [-0.1, -0.05) is 12.1 Å². The van der Waals surface area contributed by atoms with E-state index in [0.717, 1.165) is 0 Å². The zero-order valence-corrected chi connectivity index (χ0v) is 18.6. The summed E-state index contributed by atoms with van der Waals surface area (Å²) in [5.74, 6) is -0.653. The third kappa shape index (κ3) is 5.97. The van der Waals surface area contributed by atoms with Gasteiger partial charge in [0.05, 0.1) is 14.2 Å². The molecule has 31 heavy (non-hydrogen) atoms. The van der Waals surface area contributed by atoms with Crippen LogP contribution in [0.5, 0.6) is 5.75 Å². The zero-order valence-electron chi connectivity index (χ0n) is 18.6. The maximum Gasteiger partial charge on any atom is 0.412 e. The number of rotatable bonds is 6. The minimum Gasteiger partial charge on any atom is -0.497 e. The normalized spacial score (nSPS) is 12.8. The summed E-state index contributed by atoms with van der Waals surface area (Å²) in [7, 11) is 2.76. The van der Waals surface area contributed by atoms with Crippen molar-refractivity contribution in [1.29, 1.82) is 0 Å². The lowest BCUT2D eigenvalue weighted by molar-refractivity contribution is -0.150. The average Bonchev–Trinajstić information content (AvgIpc) is 2.72. The maximum absolute atomic E-state index is 13.1. The first-order valence-corrected chi connectivity index (χ1v) is 9.64. The van der Waals surface area contributed by atoms with Gasteiger partial charge in [0.25, 0.3) is 0 Å². The van der Waals surface area contributed by atoms with Crippen molar-refractivity contribution >= 4 is 29.3 Å². The number of amides is 2. The highest BCUT2D eigenvalue weighted by molar-refractivity contribution is 6.13. The molecule has 8 nitrogen and oxygen atoms in total. The van der Waals surface area contributed by atoms with Crippen molar-refractivity contribution in [2.75, 3.05) is 24.9 Å². The Morgan fingerprint density at radius 1 is 0.774 bits per heavy atom. The minimum atomic E-state index is -1.57. The first-order chi connectivity index (χ1) is 14.5. The molecule has 2 amide bonds. The van der Waals surface area contributed by atoms with Crippen molar-refractivity contribution in [3.05, 3.63) is 54.1 Å². The second-order valence-electron chi connectivity index (χ2n) is 8.00. The quantitative estimate of drug-likeness (QED) is 0.530. The van der Waals surface area contributed by atoms with Crippen molar-refractivity contribution in [3.63, 3.8) is 0 Å². The monoisotopic (exact) mass is 428 g/mol. The van der Waals surface area contributed by atoms with Crippen LogP contribution < -0.4 is 15.4 Å². The van der Waals surface area contributed by atoms with Gasteiger partial charge in [0, 0.05) is 11.4 Å². The fourth-order valence-corrected chi connectivity index (χ4v) is 2.78. The zero-order chi connectivity index (χ0) is 23.2. The van der Waals surface area contributed by atoms with E-state index in [4.69, 9.17) is 14.2 Å². The molecule has 0 aliphatic heterocycles. The van der Waals surface area contributed by atoms with Gasteiger partial charge in [-0.15, -0.1) is 0 Å². The number of benzene rings is 2. The number of carbonyl (C=O) groups is 3. The summed E-state index contributed by atoms with van der Waals surface area (Å²) in [4.78, 5) is 37.5. The average molecular weight is 428 g/mol. The second-order valence-corrected chi connectivity index (χ2v) is 8.00. The molecule has 0 aliphatic carbocycles. The highest BCUT2D eigenvalue weighted by Crippen LogP contribution is 2.29. The van der Waals surface area contributed by atoms with Crippen molar-refractivity contribution in [2.24, 2.45) is 0 Å². The molecule has 1 unspecified atom stereocenters. The number of esters is 1. The third-order valence-corrected chi connectivity index (χ3v) is 4.50. The summed E-state index contributed by atoms with van der Waals surface area (Å²) >= 11 is 0. The van der Waals surface area contributed by atoms with Crippen LogP contribution in [-0.4, -0.2) is 37.8 Å². The lowest BCUT2D eigenvalue weighted by Gasteiger charge is -2.26. The number of nitrogens with one attached hydrogen (secondary N) is 2. The predicted molar refractivity (Wildman–Crippen MR) is 117 cm³/mol. The van der Waals surface area contributed by atoms with Gasteiger partial charge < -0.3 is 19.5 Å². The van der Waals surface area contributed by atoms with E-state index in [0.29, 0.717) is 22.7 Å². The molecule has 0 heterocycles. The number of ether oxygens (including phenoxy) is 3. The molecule has 0 bridgehead atoms. The van der Waals surface area contributed by atoms with Crippen LogP contribution in [-0.2, 0) is 24.5 Å². The molecule has 2 aromatic rings. The van der Waals surface area contributed by atoms with E-state index < -0.39 is 29.0 Å². The lowest BCUT2D eigenvalue weighted by atomic mass is 9.81. The van der Waals surface area contributed by atoms with E-state index >= 15 is 0 Å². The third-order valence-electron chi connectivity index (χ3n) is 4.50. The predicted octanol–water partition coefficient (Wildman–Crippen LogP) is 4.11. The minimum absolute atomic E-state index is 0.448. The number of hydrogen-bond donors (Lipinski definition) is 2. The molecule has 0 spiro atoms. The van der Waals surface area contributed by atoms with E-state index in [1.54, 1.807) is 69.3 Å². The largest absolute Gasteiger partial charge is 0.497 e. The van der Waals surface area contributed by atoms with Crippen molar-refractivity contribution in [3.8, 4) is 5.75 Å². The Hall–Kier alpha value is -3.55. The molecule has 0 saturated carbocycles. The molecule has 8 heteroatoms. The van der Waals surface area contributed by atoms with Crippen LogP contribution in [0, 0.1) is 0 Å². The maximum atomic E-state index is 13.1. The number of anilines is 2. The summed E-state index contributed by atoms with van der Waals surface area (Å²) in [5.41, 5.74) is -0.783. The molecule has 166 valence electrons. The van der Waals surface area contributed by atoms with Crippen LogP contribution in [0.4, 0.5) is 16.2 Å². The van der Waals surface area contributed by atoms with Gasteiger partial charge in [0.1, 0.15) is 11.4 Å². The number of hydrogen-bond acceptors (Lipinski definition) is 6. The van der Waals surface area contributed by atoms with E-state index in [1.807, 2.05) is 0 Å². The van der Waals surface area contributed by atoms with E-state index in [9.17, 15) is 14.4 Å². The molecular weight excluding hydrogens is 400 g/mol. The van der Waals surface area contributed by atoms with E-state index in [2.05, 4.69) is 10.6 Å². The fourth-order valence-electron chi connectivity index (χ4n) is 2.78. The van der Waals surface area contributed by atoms with Crippen LogP contribution >= 0.6 is 0 Å². The summed E-state index contributed by atoms with van der Waals surface area (Å²) in [6.45, 7) is 6.80. The molecule has 0 saturated heterocycles. The Bertz CT molecular complexity index is 932. The van der Waals surface area contributed by atoms with E-state index in [1.165, 1.54) is 21.1 Å². The summed E-state index contributed by atoms with van der Waals surface area (Å²) in [5, 5.41) is 5.34. The van der Waals surface area contributed by atoms with Crippen LogP contribution in [0.3, 0.4) is 0 Å². The molecule has 1 atom stereocenters. The smallest absolute Gasteiger partial charge is 0.412 e. The van der Waals surface area contributed by atoms with Crippen molar-refractivity contribution in [1.82, 2.24) is 0 Å². The molecule has 2 rings (SSSR count). The first-order valence-electron chi connectivity index (χ1n) is 9.64. The fraction of sp³-hybridized carbons (Fsp3) is 0.348. The van der Waals surface area contributed by atoms with Gasteiger partial charge in [-0.3, -0.25) is 14.9 Å². The van der Waals surface area contributed by atoms with Crippen molar-refractivity contribution < 1.29 is 28.6 Å². The summed E-state index contributed by atoms with van der Waals surface area (Å²) < 4.78 is 15.2. The second kappa shape index (κ2) is 9.51. The van der Waals surface area contributed by atoms with Gasteiger partial charge >= 0.3 is 12.1 Å². The Morgan fingerprint density at radius 2 is 1.29 bits per heavy atom. The van der Waals surface area contributed by atoms with Gasteiger partial charge in [-0.2, -0.15) is 0 Å². The van der Waals surface area contributed by atoms with Gasteiger partial charge in [0.2, 0.25) is 5.91 Å². The Kier molecular flexibility index (Phi) is 7.28. The van der Waals surface area contributed by atoms with Gasteiger partial charge in [0.15, 0.2) is 5.41 Å². The SMILES string of the molecule is COC(=O)C(C)(C(=O)Nc1ccc(NC(=O)OC(C)(C)C)cc1)c1ccc(OC)cc1. The molecule has 2 N–H and O–H groups in total. The molecule has 0 fully saturated rings. The number of carbonyl (C=O) groups excluding carboxylic acids is 3. The molecule has 0 aromatic heterocycles. The Labute approximate surface area is 181 Å². The van der Waals surface area contributed by atoms with Crippen LogP contribution in [0.15, 0.2) is 48.5 Å². The summed E-state index contributed by atoms with van der Waals surface area (Å²) in [6.07, 6.45) is -0.581. The molecular formula is C23H28N2O6. The van der Waals surface area contributed by atoms with Gasteiger partial charge in [-0.05, 0) is 69.7 Å². The first kappa shape index (κ1) is 23.7. The van der Waals surface area contributed by atoms with Crippen LogP contribution in [0.2, 0.25) is 0 Å². The highest BCUT2D eigenvalue weighted by Gasteiger charge is 2.44. The van der Waals surface area contributed by atoms with Crippen LogP contribution in [0.1, 0.15) is 33.3 Å². The standard InChI is InChI=1S/C23H28N2O6/c1-22(2,3)31-21(28)25-17-11-9-16(10-12-17)24-19(26)23(4,20(27)30-6)15-7-13-18(29-5)14-8-15/h7-14H,1-6H3,(H,24,26)(H,25,28). The van der Waals surface area contributed by atoms with Crippen molar-refractivity contribution in [2.45, 2.75) is 38.7 Å². The topological polar surface area (TPSA) is 103 Å². The summed E-state index contributed by atoms with van der Waals surface area (Å²) in [6, 6.07) is 13.1. The molecule has 2 aromatic carbocycles. The molecule has 0 radical (unpaired) electrons.